The second-order valence-electron chi connectivity index (χ2n) is 7.67. The van der Waals surface area contributed by atoms with E-state index in [4.69, 9.17) is 4.74 Å². The Morgan fingerprint density at radius 2 is 1.58 bits per heavy atom. The second-order valence-corrected chi connectivity index (χ2v) is 13.2. The van der Waals surface area contributed by atoms with Gasteiger partial charge in [0.25, 0.3) is 0 Å². The summed E-state index contributed by atoms with van der Waals surface area (Å²) in [7, 11) is -1.62. The summed E-state index contributed by atoms with van der Waals surface area (Å²) in [4.78, 5) is 11.8. The summed E-state index contributed by atoms with van der Waals surface area (Å²) in [6.07, 6.45) is 5.63. The molecule has 1 aromatic carbocycles. The van der Waals surface area contributed by atoms with Gasteiger partial charge in [0.2, 0.25) is 0 Å². The lowest BCUT2D eigenvalue weighted by Gasteiger charge is -2.38. The molecule has 0 fully saturated rings. The van der Waals surface area contributed by atoms with Gasteiger partial charge in [0, 0.05) is 6.42 Å². The van der Waals surface area contributed by atoms with Crippen LogP contribution in [-0.4, -0.2) is 20.7 Å². The first-order chi connectivity index (χ1) is 12.3. The van der Waals surface area contributed by atoms with Crippen molar-refractivity contribution < 1.29 is 9.53 Å². The van der Waals surface area contributed by atoms with Gasteiger partial charge in [-0.15, -0.1) is 11.5 Å². The Kier molecular flexibility index (Phi) is 9.44. The van der Waals surface area contributed by atoms with Gasteiger partial charge in [-0.1, -0.05) is 71.9 Å². The van der Waals surface area contributed by atoms with Crippen molar-refractivity contribution >= 4 is 14.0 Å². The Morgan fingerprint density at radius 3 is 2.12 bits per heavy atom. The number of carbonyl (C=O) groups is 1. The number of carbonyl (C=O) groups excluding carboxylic acids is 1. The van der Waals surface area contributed by atoms with Gasteiger partial charge in [-0.2, -0.15) is 0 Å². The minimum Gasteiger partial charge on any atom is -0.462 e. The zero-order valence-corrected chi connectivity index (χ0v) is 18.2. The predicted molar refractivity (Wildman–Crippen MR) is 114 cm³/mol. The number of hydrogen-bond acceptors (Lipinski definition) is 2. The molecule has 0 unspecified atom stereocenters. The summed E-state index contributed by atoms with van der Waals surface area (Å²) in [6.45, 7) is 14.4. The summed E-state index contributed by atoms with van der Waals surface area (Å²) < 4.78 is 5.26. The number of esters is 1. The van der Waals surface area contributed by atoms with E-state index in [1.807, 2.05) is 18.2 Å². The summed E-state index contributed by atoms with van der Waals surface area (Å²) >= 11 is 0. The molecule has 0 aliphatic heterocycles. The van der Waals surface area contributed by atoms with Crippen molar-refractivity contribution in [3.05, 3.63) is 48.0 Å². The maximum Gasteiger partial charge on any atom is 0.338 e. The summed E-state index contributed by atoms with van der Waals surface area (Å²) in [5.74, 6) is 3.15. The van der Waals surface area contributed by atoms with E-state index in [9.17, 15) is 4.79 Å². The third-order valence-electron chi connectivity index (χ3n) is 5.08. The summed E-state index contributed by atoms with van der Waals surface area (Å²) in [5, 5.41) is 0. The van der Waals surface area contributed by atoms with E-state index in [0.717, 1.165) is 12.8 Å². The number of rotatable bonds is 8. The van der Waals surface area contributed by atoms with Gasteiger partial charge in [0.1, 0.15) is 8.07 Å². The molecule has 0 N–H and O–H groups in total. The Labute approximate surface area is 161 Å². The Bertz CT molecular complexity index is 611. The normalized spacial score (nSPS) is 11.9. The van der Waals surface area contributed by atoms with E-state index in [0.29, 0.717) is 28.8 Å². The maximum atomic E-state index is 11.8. The third kappa shape index (κ3) is 6.18. The van der Waals surface area contributed by atoms with E-state index in [1.165, 1.54) is 0 Å². The standard InChI is InChI=1S/C23H34O2Si/c1-19(2)26(20(3)4,21(5)6)18-14-9-7-8-13-17-25-23(24)22-15-11-10-12-16-22/h7-8,10-12,15-16,19-21H,9,13,17H2,1-6H3/b8-7+. The lowest BCUT2D eigenvalue weighted by atomic mass is 10.2. The summed E-state index contributed by atoms with van der Waals surface area (Å²) in [5.41, 5.74) is 6.30. The maximum absolute atomic E-state index is 11.8. The van der Waals surface area contributed by atoms with Crippen LogP contribution in [0.15, 0.2) is 42.5 Å². The highest BCUT2D eigenvalue weighted by Gasteiger charge is 2.41. The zero-order chi connectivity index (χ0) is 19.6. The van der Waals surface area contributed by atoms with E-state index >= 15 is 0 Å². The SMILES string of the molecule is CC(C)[Si](C#CC/C=C/CCOC(=O)c1ccccc1)(C(C)C)C(C)C. The predicted octanol–water partition coefficient (Wildman–Crippen LogP) is 6.40. The molecular formula is C23H34O2Si. The van der Waals surface area contributed by atoms with Gasteiger partial charge < -0.3 is 4.74 Å². The van der Waals surface area contributed by atoms with Crippen molar-refractivity contribution in [1.82, 2.24) is 0 Å². The highest BCUT2D eigenvalue weighted by atomic mass is 28.3. The van der Waals surface area contributed by atoms with Gasteiger partial charge >= 0.3 is 5.97 Å². The first kappa shape index (κ1) is 22.2. The monoisotopic (exact) mass is 370 g/mol. The molecule has 0 aromatic heterocycles. The van der Waals surface area contributed by atoms with Crippen LogP contribution < -0.4 is 0 Å². The molecule has 0 bridgehead atoms. The number of hydrogen-bond donors (Lipinski definition) is 0. The minimum atomic E-state index is -1.62. The van der Waals surface area contributed by atoms with Gasteiger partial charge in [0.05, 0.1) is 12.2 Å². The number of benzene rings is 1. The van der Waals surface area contributed by atoms with Crippen LogP contribution in [0.5, 0.6) is 0 Å². The Hall–Kier alpha value is -1.79. The van der Waals surface area contributed by atoms with E-state index in [-0.39, 0.29) is 5.97 Å². The molecule has 142 valence electrons. The third-order valence-corrected chi connectivity index (χ3v) is 11.4. The number of ether oxygens (including phenoxy) is 1. The minimum absolute atomic E-state index is 0.264. The molecule has 0 atom stereocenters. The average molecular weight is 371 g/mol. The first-order valence-corrected chi connectivity index (χ1v) is 11.9. The fourth-order valence-electron chi connectivity index (χ4n) is 3.77. The molecule has 2 nitrogen and oxygen atoms in total. The topological polar surface area (TPSA) is 26.3 Å². The van der Waals surface area contributed by atoms with Gasteiger partial charge in [-0.25, -0.2) is 4.79 Å². The van der Waals surface area contributed by atoms with Gasteiger partial charge in [0.15, 0.2) is 0 Å². The Balaban J connectivity index is 2.45. The molecule has 1 rings (SSSR count). The van der Waals surface area contributed by atoms with E-state index < -0.39 is 8.07 Å². The lowest BCUT2D eigenvalue weighted by Crippen LogP contribution is -2.43. The van der Waals surface area contributed by atoms with Crippen LogP contribution in [0.3, 0.4) is 0 Å². The molecule has 0 saturated carbocycles. The molecule has 0 saturated heterocycles. The van der Waals surface area contributed by atoms with Gasteiger partial charge in [-0.3, -0.25) is 0 Å². The van der Waals surface area contributed by atoms with Crippen molar-refractivity contribution in [3.63, 3.8) is 0 Å². The number of allylic oxidation sites excluding steroid dienone is 1. The van der Waals surface area contributed by atoms with Crippen molar-refractivity contribution in [2.75, 3.05) is 6.61 Å². The molecule has 0 spiro atoms. The van der Waals surface area contributed by atoms with Crippen molar-refractivity contribution in [2.45, 2.75) is 71.0 Å². The zero-order valence-electron chi connectivity index (χ0n) is 17.2. The largest absolute Gasteiger partial charge is 0.462 e. The van der Waals surface area contributed by atoms with Crippen LogP contribution in [0.2, 0.25) is 16.6 Å². The quantitative estimate of drug-likeness (QED) is 0.174. The van der Waals surface area contributed by atoms with Crippen LogP contribution in [0.4, 0.5) is 0 Å². The van der Waals surface area contributed by atoms with Gasteiger partial charge in [-0.05, 0) is 35.2 Å². The first-order valence-electron chi connectivity index (χ1n) is 9.69. The fourth-order valence-corrected chi connectivity index (χ4v) is 9.05. The van der Waals surface area contributed by atoms with Crippen LogP contribution in [0.1, 0.15) is 64.7 Å². The van der Waals surface area contributed by atoms with Crippen molar-refractivity contribution in [2.24, 2.45) is 0 Å². The van der Waals surface area contributed by atoms with Crippen LogP contribution >= 0.6 is 0 Å². The molecule has 3 heteroatoms. The Morgan fingerprint density at radius 1 is 1.00 bits per heavy atom. The molecular weight excluding hydrogens is 336 g/mol. The molecule has 0 heterocycles. The average Bonchev–Trinajstić information content (AvgIpc) is 2.60. The van der Waals surface area contributed by atoms with E-state index in [2.05, 4.69) is 65.2 Å². The highest BCUT2D eigenvalue weighted by Crippen LogP contribution is 2.40. The second kappa shape index (κ2) is 11.0. The molecule has 0 aliphatic carbocycles. The lowest BCUT2D eigenvalue weighted by molar-refractivity contribution is 0.0511. The summed E-state index contributed by atoms with van der Waals surface area (Å²) in [6, 6.07) is 9.09. The van der Waals surface area contributed by atoms with Crippen LogP contribution in [0, 0.1) is 11.5 Å². The molecule has 26 heavy (non-hydrogen) atoms. The van der Waals surface area contributed by atoms with Crippen molar-refractivity contribution in [3.8, 4) is 11.5 Å². The fraction of sp³-hybridized carbons (Fsp3) is 0.522. The van der Waals surface area contributed by atoms with E-state index in [1.54, 1.807) is 12.1 Å². The van der Waals surface area contributed by atoms with Crippen molar-refractivity contribution in [1.29, 1.82) is 0 Å². The molecule has 1 aromatic rings. The smallest absolute Gasteiger partial charge is 0.338 e. The van der Waals surface area contributed by atoms with Crippen LogP contribution in [-0.2, 0) is 4.74 Å². The van der Waals surface area contributed by atoms with Crippen LogP contribution in [0.25, 0.3) is 0 Å². The molecule has 0 radical (unpaired) electrons. The highest BCUT2D eigenvalue weighted by molar-refractivity contribution is 6.90. The molecule has 0 aliphatic rings. The molecule has 0 amide bonds.